The van der Waals surface area contributed by atoms with Crippen LogP contribution < -0.4 is 11.1 Å². The molecule has 114 valence electrons. The van der Waals surface area contributed by atoms with Crippen LogP contribution in [0.15, 0.2) is 18.2 Å². The summed E-state index contributed by atoms with van der Waals surface area (Å²) in [6.07, 6.45) is 3.83. The quantitative estimate of drug-likeness (QED) is 0.725. The zero-order valence-electron chi connectivity index (χ0n) is 12.3. The molecule has 4 N–H and O–H groups in total. The smallest absolute Gasteiger partial charge is 0.272 e. The highest BCUT2D eigenvalue weighted by molar-refractivity contribution is 6.07. The Balaban J connectivity index is 1.42. The molecule has 1 saturated carbocycles. The van der Waals surface area contributed by atoms with Crippen LogP contribution in [0, 0.1) is 5.92 Å². The van der Waals surface area contributed by atoms with E-state index < -0.39 is 0 Å². The van der Waals surface area contributed by atoms with Crippen molar-refractivity contribution in [2.45, 2.75) is 30.8 Å². The number of nitrogens with one attached hydrogen (secondary N) is 2. The van der Waals surface area contributed by atoms with Crippen molar-refractivity contribution in [3.63, 3.8) is 0 Å². The third-order valence-electron chi connectivity index (χ3n) is 6.09. The molecule has 2 aliphatic heterocycles. The van der Waals surface area contributed by atoms with E-state index in [0.717, 1.165) is 17.4 Å². The zero-order chi connectivity index (χ0) is 14.9. The van der Waals surface area contributed by atoms with Gasteiger partial charge in [-0.25, -0.2) is 0 Å². The van der Waals surface area contributed by atoms with Crippen LogP contribution in [-0.4, -0.2) is 45.7 Å². The predicted molar refractivity (Wildman–Crippen MR) is 83.4 cm³/mol. The van der Waals surface area contributed by atoms with Gasteiger partial charge in [-0.3, -0.25) is 14.8 Å². The lowest BCUT2D eigenvalue weighted by Crippen LogP contribution is -2.64. The number of nitrogen functional groups attached to an aromatic ring is 1. The first-order chi connectivity index (χ1) is 10.7. The fourth-order valence-corrected chi connectivity index (χ4v) is 4.74. The van der Waals surface area contributed by atoms with Crippen molar-refractivity contribution in [1.82, 2.24) is 20.4 Å². The van der Waals surface area contributed by atoms with Gasteiger partial charge in [-0.05, 0) is 31.2 Å². The summed E-state index contributed by atoms with van der Waals surface area (Å²) in [5.74, 6) is 0.534. The van der Waals surface area contributed by atoms with Gasteiger partial charge in [0.15, 0.2) is 5.69 Å². The van der Waals surface area contributed by atoms with Gasteiger partial charge >= 0.3 is 0 Å². The Bertz CT molecular complexity index is 780. The van der Waals surface area contributed by atoms with E-state index in [1.54, 1.807) is 0 Å². The highest BCUT2D eigenvalue weighted by Crippen LogP contribution is 2.57. The van der Waals surface area contributed by atoms with Crippen molar-refractivity contribution in [3.05, 3.63) is 23.9 Å². The number of nitrogens with two attached hydrogens (primary N) is 1. The van der Waals surface area contributed by atoms with Crippen LogP contribution >= 0.6 is 0 Å². The number of H-pyrrole nitrogens is 1. The van der Waals surface area contributed by atoms with E-state index in [1.807, 2.05) is 18.2 Å². The lowest BCUT2D eigenvalue weighted by Gasteiger charge is -2.58. The first kappa shape index (κ1) is 12.5. The Kier molecular flexibility index (Phi) is 2.27. The van der Waals surface area contributed by atoms with Gasteiger partial charge in [0, 0.05) is 30.1 Å². The summed E-state index contributed by atoms with van der Waals surface area (Å²) in [4.78, 5) is 15.2. The molecule has 3 atom stereocenters. The number of benzene rings is 1. The summed E-state index contributed by atoms with van der Waals surface area (Å²) in [7, 11) is 0. The molecule has 1 spiro atoms. The molecule has 3 aliphatic rings. The van der Waals surface area contributed by atoms with E-state index in [4.69, 9.17) is 5.73 Å². The molecule has 1 aliphatic carbocycles. The van der Waals surface area contributed by atoms with Gasteiger partial charge in [0.25, 0.3) is 5.91 Å². The lowest BCUT2D eigenvalue weighted by molar-refractivity contribution is -0.0676. The van der Waals surface area contributed by atoms with Crippen LogP contribution in [0.5, 0.6) is 0 Å². The average molecular weight is 297 g/mol. The molecule has 1 amide bonds. The Labute approximate surface area is 128 Å². The predicted octanol–water partition coefficient (Wildman–Crippen LogP) is 1.11. The number of carbonyl (C=O) groups is 1. The van der Waals surface area contributed by atoms with Crippen molar-refractivity contribution >= 4 is 22.5 Å². The molecule has 3 fully saturated rings. The van der Waals surface area contributed by atoms with Gasteiger partial charge in [0.2, 0.25) is 0 Å². The monoisotopic (exact) mass is 297 g/mol. The minimum Gasteiger partial charge on any atom is -0.397 e. The van der Waals surface area contributed by atoms with Crippen molar-refractivity contribution in [1.29, 1.82) is 0 Å². The normalized spacial score (nSPS) is 32.9. The number of fused-ring (bicyclic) bond motifs is 1. The second kappa shape index (κ2) is 4.01. The van der Waals surface area contributed by atoms with Gasteiger partial charge < -0.3 is 11.1 Å². The maximum Gasteiger partial charge on any atom is 0.272 e. The van der Waals surface area contributed by atoms with Crippen molar-refractivity contribution < 1.29 is 4.79 Å². The third-order valence-corrected chi connectivity index (χ3v) is 6.09. The van der Waals surface area contributed by atoms with Crippen LogP contribution in [-0.2, 0) is 0 Å². The standard InChI is InChI=1S/C16H19N5O/c17-11-3-1-2-9-13(11)19-20-14(9)15(22)18-12-8-21-7-6-16(21)5-4-10(12)16/h1-3,10,12H,4-8,17H2,(H,18,22)(H,19,20)/t10?,12-,16?/m1/s1. The molecule has 1 aromatic carbocycles. The summed E-state index contributed by atoms with van der Waals surface area (Å²) in [6.45, 7) is 2.17. The SMILES string of the molecule is Nc1cccc2c(C(=O)N[C@@H]3CN4CCC45CCC35)n[nH]c12. The Morgan fingerprint density at radius 1 is 1.45 bits per heavy atom. The van der Waals surface area contributed by atoms with E-state index in [2.05, 4.69) is 20.4 Å². The molecule has 1 aromatic heterocycles. The first-order valence-corrected chi connectivity index (χ1v) is 7.97. The summed E-state index contributed by atoms with van der Waals surface area (Å²) in [6, 6.07) is 5.81. The van der Waals surface area contributed by atoms with E-state index >= 15 is 0 Å². The van der Waals surface area contributed by atoms with Crippen LogP contribution in [0.2, 0.25) is 0 Å². The number of aromatic nitrogens is 2. The fraction of sp³-hybridized carbons (Fsp3) is 0.500. The molecule has 2 unspecified atom stereocenters. The second-order valence-electron chi connectivity index (χ2n) is 6.87. The lowest BCUT2D eigenvalue weighted by atomic mass is 9.61. The van der Waals surface area contributed by atoms with Crippen molar-refractivity contribution in [2.75, 3.05) is 18.8 Å². The van der Waals surface area contributed by atoms with Crippen LogP contribution in [0.25, 0.3) is 10.9 Å². The number of para-hydroxylation sites is 1. The van der Waals surface area contributed by atoms with Crippen molar-refractivity contribution in [3.8, 4) is 0 Å². The maximum atomic E-state index is 12.6. The Hall–Kier alpha value is -2.08. The number of aromatic amines is 1. The Morgan fingerprint density at radius 3 is 3.05 bits per heavy atom. The first-order valence-electron chi connectivity index (χ1n) is 7.97. The van der Waals surface area contributed by atoms with E-state index in [0.29, 0.717) is 22.8 Å². The van der Waals surface area contributed by atoms with Crippen LogP contribution in [0.3, 0.4) is 0 Å². The van der Waals surface area contributed by atoms with Gasteiger partial charge in [-0.1, -0.05) is 12.1 Å². The van der Waals surface area contributed by atoms with Crippen molar-refractivity contribution in [2.24, 2.45) is 5.92 Å². The molecule has 22 heavy (non-hydrogen) atoms. The topological polar surface area (TPSA) is 87.0 Å². The van der Waals surface area contributed by atoms with Gasteiger partial charge in [-0.15, -0.1) is 0 Å². The highest BCUT2D eigenvalue weighted by atomic mass is 16.2. The van der Waals surface area contributed by atoms with Crippen LogP contribution in [0.4, 0.5) is 5.69 Å². The summed E-state index contributed by atoms with van der Waals surface area (Å²) in [5, 5.41) is 11.1. The molecule has 5 rings (SSSR count). The molecular weight excluding hydrogens is 278 g/mol. The van der Waals surface area contributed by atoms with Gasteiger partial charge in [0.05, 0.1) is 11.2 Å². The highest BCUT2D eigenvalue weighted by Gasteiger charge is 2.63. The Morgan fingerprint density at radius 2 is 2.36 bits per heavy atom. The minimum atomic E-state index is -0.0913. The molecule has 2 aromatic rings. The van der Waals surface area contributed by atoms with Crippen LogP contribution in [0.1, 0.15) is 29.8 Å². The van der Waals surface area contributed by atoms with E-state index in [-0.39, 0.29) is 11.9 Å². The summed E-state index contributed by atoms with van der Waals surface area (Å²) < 4.78 is 0. The number of anilines is 1. The van der Waals surface area contributed by atoms with Gasteiger partial charge in [-0.2, -0.15) is 5.10 Å². The second-order valence-corrected chi connectivity index (χ2v) is 6.87. The zero-order valence-corrected chi connectivity index (χ0v) is 12.3. The van der Waals surface area contributed by atoms with E-state index in [9.17, 15) is 4.79 Å². The molecular formula is C16H19N5O. The number of hydrogen-bond donors (Lipinski definition) is 3. The minimum absolute atomic E-state index is 0.0913. The number of rotatable bonds is 2. The summed E-state index contributed by atoms with van der Waals surface area (Å²) in [5.41, 5.74) is 8.15. The molecule has 6 nitrogen and oxygen atoms in total. The number of hydrogen-bond acceptors (Lipinski definition) is 4. The maximum absolute atomic E-state index is 12.6. The molecule has 6 heteroatoms. The number of amides is 1. The molecule has 0 radical (unpaired) electrons. The number of carbonyl (C=O) groups excluding carboxylic acids is 1. The molecule has 2 saturated heterocycles. The summed E-state index contributed by atoms with van der Waals surface area (Å²) >= 11 is 0. The third kappa shape index (κ3) is 1.38. The fourth-order valence-electron chi connectivity index (χ4n) is 4.74. The molecule has 0 bridgehead atoms. The van der Waals surface area contributed by atoms with Gasteiger partial charge in [0.1, 0.15) is 0 Å². The number of nitrogens with zero attached hydrogens (tertiary/aromatic N) is 2. The van der Waals surface area contributed by atoms with E-state index in [1.165, 1.54) is 25.8 Å². The largest absolute Gasteiger partial charge is 0.397 e. The average Bonchev–Trinajstić information content (AvgIpc) is 2.92. The molecule has 3 heterocycles.